The Labute approximate surface area is 91.6 Å². The summed E-state index contributed by atoms with van der Waals surface area (Å²) in [5.41, 5.74) is 0.125. The maximum Gasteiger partial charge on any atom is 0.354 e. The number of nitrogens with zero attached hydrogens (tertiary/aromatic N) is 4. The van der Waals surface area contributed by atoms with E-state index in [9.17, 15) is 4.79 Å². The molecule has 0 saturated heterocycles. The topological polar surface area (TPSA) is 80.9 Å². The van der Waals surface area contributed by atoms with Gasteiger partial charge in [-0.1, -0.05) is 0 Å². The van der Waals surface area contributed by atoms with Crippen molar-refractivity contribution in [2.45, 2.75) is 13.0 Å². The first-order valence-corrected chi connectivity index (χ1v) is 4.72. The largest absolute Gasteiger partial charge is 0.477 e. The van der Waals surface area contributed by atoms with Crippen molar-refractivity contribution in [2.24, 2.45) is 0 Å². The van der Waals surface area contributed by atoms with Gasteiger partial charge in [0, 0.05) is 12.4 Å². The van der Waals surface area contributed by atoms with Crippen LogP contribution in [0.2, 0.25) is 0 Å². The number of rotatable bonds is 3. The summed E-state index contributed by atoms with van der Waals surface area (Å²) in [4.78, 5) is 22.9. The van der Waals surface area contributed by atoms with Crippen LogP contribution in [0.15, 0.2) is 31.0 Å². The zero-order valence-corrected chi connectivity index (χ0v) is 8.61. The lowest BCUT2D eigenvalue weighted by Gasteiger charge is -2.12. The van der Waals surface area contributed by atoms with Crippen LogP contribution in [-0.4, -0.2) is 30.6 Å². The van der Waals surface area contributed by atoms with Crippen LogP contribution in [0, 0.1) is 0 Å². The van der Waals surface area contributed by atoms with Crippen LogP contribution in [0.4, 0.5) is 0 Å². The molecule has 0 aliphatic rings. The first kappa shape index (κ1) is 10.3. The van der Waals surface area contributed by atoms with Gasteiger partial charge >= 0.3 is 5.97 Å². The van der Waals surface area contributed by atoms with Gasteiger partial charge in [-0.15, -0.1) is 0 Å². The molecule has 2 aromatic rings. The van der Waals surface area contributed by atoms with Gasteiger partial charge in [0.05, 0.1) is 18.6 Å². The Balaban J connectivity index is 2.38. The summed E-state index contributed by atoms with van der Waals surface area (Å²) in [6.45, 7) is 1.82. The van der Waals surface area contributed by atoms with Crippen LogP contribution in [0.1, 0.15) is 29.3 Å². The molecule has 16 heavy (non-hydrogen) atoms. The maximum absolute atomic E-state index is 10.9. The first-order chi connectivity index (χ1) is 7.70. The fraction of sp³-hybridized carbons (Fsp3) is 0.200. The van der Waals surface area contributed by atoms with E-state index in [-0.39, 0.29) is 11.7 Å². The van der Waals surface area contributed by atoms with E-state index in [1.807, 2.05) is 6.92 Å². The summed E-state index contributed by atoms with van der Waals surface area (Å²) in [6, 6.07) is 1.46. The molecule has 82 valence electrons. The quantitative estimate of drug-likeness (QED) is 0.830. The standard InChI is InChI=1S/C10H10N4O2/c1-7(9-12-3-2-4-13-9)14-6-11-5-8(14)10(15)16/h2-7H,1H3,(H,15,16). The molecule has 2 aromatic heterocycles. The number of hydrogen-bond acceptors (Lipinski definition) is 4. The molecule has 2 rings (SSSR count). The fourth-order valence-electron chi connectivity index (χ4n) is 1.43. The molecule has 0 saturated carbocycles. The molecule has 0 fully saturated rings. The zero-order chi connectivity index (χ0) is 11.5. The van der Waals surface area contributed by atoms with Crippen LogP contribution in [0.25, 0.3) is 0 Å². The van der Waals surface area contributed by atoms with Gasteiger partial charge in [-0.25, -0.2) is 19.7 Å². The molecule has 0 aliphatic heterocycles. The fourth-order valence-corrected chi connectivity index (χ4v) is 1.43. The van der Waals surface area contributed by atoms with Gasteiger partial charge in [-0.3, -0.25) is 0 Å². The van der Waals surface area contributed by atoms with Gasteiger partial charge in [0.1, 0.15) is 5.69 Å². The van der Waals surface area contributed by atoms with Gasteiger partial charge in [0.25, 0.3) is 0 Å². The van der Waals surface area contributed by atoms with Crippen LogP contribution < -0.4 is 0 Å². The van der Waals surface area contributed by atoms with Crippen molar-refractivity contribution in [1.82, 2.24) is 19.5 Å². The molecule has 0 amide bonds. The summed E-state index contributed by atoms with van der Waals surface area (Å²) in [7, 11) is 0. The van der Waals surface area contributed by atoms with Gasteiger partial charge in [-0.05, 0) is 13.0 Å². The Bertz CT molecular complexity index is 495. The van der Waals surface area contributed by atoms with Crippen molar-refractivity contribution in [3.8, 4) is 0 Å². The molecule has 0 bridgehead atoms. The van der Waals surface area contributed by atoms with E-state index in [1.165, 1.54) is 17.1 Å². The highest BCUT2D eigenvalue weighted by molar-refractivity contribution is 5.85. The lowest BCUT2D eigenvalue weighted by molar-refractivity contribution is 0.0684. The summed E-state index contributed by atoms with van der Waals surface area (Å²) >= 11 is 0. The van der Waals surface area contributed by atoms with Crippen molar-refractivity contribution >= 4 is 5.97 Å². The Morgan fingerprint density at radius 3 is 2.75 bits per heavy atom. The van der Waals surface area contributed by atoms with E-state index in [4.69, 9.17) is 5.11 Å². The van der Waals surface area contributed by atoms with E-state index in [1.54, 1.807) is 18.5 Å². The van der Waals surface area contributed by atoms with Crippen LogP contribution in [0.5, 0.6) is 0 Å². The average molecular weight is 218 g/mol. The molecule has 0 spiro atoms. The summed E-state index contributed by atoms with van der Waals surface area (Å²) < 4.78 is 1.53. The monoisotopic (exact) mass is 218 g/mol. The minimum Gasteiger partial charge on any atom is -0.477 e. The smallest absolute Gasteiger partial charge is 0.354 e. The molecular formula is C10H10N4O2. The Morgan fingerprint density at radius 2 is 2.12 bits per heavy atom. The lowest BCUT2D eigenvalue weighted by atomic mass is 10.3. The molecular weight excluding hydrogens is 208 g/mol. The minimum absolute atomic E-state index is 0.125. The minimum atomic E-state index is -1.01. The highest BCUT2D eigenvalue weighted by Gasteiger charge is 2.17. The second kappa shape index (κ2) is 4.09. The Hall–Kier alpha value is -2.24. The SMILES string of the molecule is CC(c1ncccn1)n1cncc1C(=O)O. The highest BCUT2D eigenvalue weighted by Crippen LogP contribution is 2.15. The van der Waals surface area contributed by atoms with Gasteiger partial charge in [-0.2, -0.15) is 0 Å². The molecule has 1 unspecified atom stereocenters. The van der Waals surface area contributed by atoms with Crippen molar-refractivity contribution in [3.63, 3.8) is 0 Å². The van der Waals surface area contributed by atoms with Crippen molar-refractivity contribution in [2.75, 3.05) is 0 Å². The van der Waals surface area contributed by atoms with E-state index in [2.05, 4.69) is 15.0 Å². The number of aromatic carboxylic acids is 1. The molecule has 2 heterocycles. The zero-order valence-electron chi connectivity index (χ0n) is 8.61. The molecule has 1 atom stereocenters. The van der Waals surface area contributed by atoms with E-state index >= 15 is 0 Å². The van der Waals surface area contributed by atoms with Crippen molar-refractivity contribution < 1.29 is 9.90 Å². The van der Waals surface area contributed by atoms with E-state index < -0.39 is 5.97 Å². The Morgan fingerprint density at radius 1 is 1.44 bits per heavy atom. The molecule has 1 N–H and O–H groups in total. The van der Waals surface area contributed by atoms with Gasteiger partial charge in [0.15, 0.2) is 5.82 Å². The molecule has 6 nitrogen and oxygen atoms in total. The van der Waals surface area contributed by atoms with Crippen LogP contribution >= 0.6 is 0 Å². The van der Waals surface area contributed by atoms with Gasteiger partial charge in [0.2, 0.25) is 0 Å². The number of carbonyl (C=O) groups is 1. The normalized spacial score (nSPS) is 12.3. The second-order valence-electron chi connectivity index (χ2n) is 3.27. The van der Waals surface area contributed by atoms with E-state index in [0.717, 1.165) is 0 Å². The average Bonchev–Trinajstić information content (AvgIpc) is 2.78. The highest BCUT2D eigenvalue weighted by atomic mass is 16.4. The third-order valence-electron chi connectivity index (χ3n) is 2.26. The third-order valence-corrected chi connectivity index (χ3v) is 2.26. The number of imidazole rings is 1. The van der Waals surface area contributed by atoms with Crippen molar-refractivity contribution in [1.29, 1.82) is 0 Å². The number of hydrogen-bond donors (Lipinski definition) is 1. The number of aromatic nitrogens is 4. The molecule has 6 heteroatoms. The van der Waals surface area contributed by atoms with E-state index in [0.29, 0.717) is 5.82 Å². The van der Waals surface area contributed by atoms with Gasteiger partial charge < -0.3 is 9.67 Å². The van der Waals surface area contributed by atoms with Crippen LogP contribution in [0.3, 0.4) is 0 Å². The second-order valence-corrected chi connectivity index (χ2v) is 3.27. The third kappa shape index (κ3) is 1.77. The van der Waals surface area contributed by atoms with Crippen LogP contribution in [-0.2, 0) is 0 Å². The maximum atomic E-state index is 10.9. The predicted octanol–water partition coefficient (Wildman–Crippen LogP) is 0.981. The van der Waals surface area contributed by atoms with Crippen molar-refractivity contribution in [3.05, 3.63) is 42.5 Å². The summed E-state index contributed by atoms with van der Waals surface area (Å²) in [5.74, 6) is -0.455. The number of carboxylic acid groups (broad SMARTS) is 1. The summed E-state index contributed by atoms with van der Waals surface area (Å²) in [5, 5.41) is 8.95. The Kier molecular flexibility index (Phi) is 2.63. The molecule has 0 radical (unpaired) electrons. The first-order valence-electron chi connectivity index (χ1n) is 4.72. The predicted molar refractivity (Wildman–Crippen MR) is 55.0 cm³/mol. The molecule has 0 aromatic carbocycles. The molecule has 0 aliphatic carbocycles. The lowest BCUT2D eigenvalue weighted by Crippen LogP contribution is -2.14. The number of carboxylic acids is 1. The summed E-state index contributed by atoms with van der Waals surface area (Å²) in [6.07, 6.45) is 6.01.